The number of alkyl halides is 2. The number of hydrogen-bond acceptors (Lipinski definition) is 0. The van der Waals surface area contributed by atoms with Crippen molar-refractivity contribution in [3.05, 3.63) is 0 Å². The van der Waals surface area contributed by atoms with E-state index in [4.69, 9.17) is 0 Å². The summed E-state index contributed by atoms with van der Waals surface area (Å²) in [5.74, 6) is 0. The Hall–Kier alpha value is 1.46. The Morgan fingerprint density at radius 3 is 0.423 bits per heavy atom. The van der Waals surface area contributed by atoms with E-state index in [2.05, 4.69) is 45.2 Å². The predicted molar refractivity (Wildman–Crippen MR) is 139 cm³/mol. The minimum absolute atomic E-state index is 1.34. The standard InChI is InChI=1S/C24H48I2/c25-23-21-19-17-15-13-11-9-7-5-3-1-2-4-6-8-10-12-14-16-18-20-22-24-26/h1-24H2. The van der Waals surface area contributed by atoms with Crippen LogP contribution < -0.4 is 0 Å². The van der Waals surface area contributed by atoms with Crippen molar-refractivity contribution in [1.29, 1.82) is 0 Å². The second-order valence-corrected chi connectivity index (χ2v) is 10.3. The van der Waals surface area contributed by atoms with Crippen molar-refractivity contribution in [2.45, 2.75) is 141 Å². The third-order valence-electron chi connectivity index (χ3n) is 5.52. The lowest BCUT2D eigenvalue weighted by molar-refractivity contribution is 0.520. The zero-order valence-corrected chi connectivity index (χ0v) is 22.0. The fourth-order valence-corrected chi connectivity index (χ4v) is 4.80. The maximum Gasteiger partial charge on any atom is -0.000473 e. The lowest BCUT2D eigenvalue weighted by atomic mass is 10.0. The van der Waals surface area contributed by atoms with Gasteiger partial charge >= 0.3 is 0 Å². The number of rotatable bonds is 23. The highest BCUT2D eigenvalue weighted by Gasteiger charge is 1.95. The molecule has 0 aliphatic carbocycles. The molecule has 0 atom stereocenters. The zero-order chi connectivity index (χ0) is 19.0. The van der Waals surface area contributed by atoms with E-state index < -0.39 is 0 Å². The van der Waals surface area contributed by atoms with Crippen LogP contribution in [0.2, 0.25) is 0 Å². The van der Waals surface area contributed by atoms with E-state index in [1.807, 2.05) is 0 Å². The van der Waals surface area contributed by atoms with Crippen LogP contribution in [0.5, 0.6) is 0 Å². The summed E-state index contributed by atoms with van der Waals surface area (Å²) in [5.41, 5.74) is 0. The van der Waals surface area contributed by atoms with Gasteiger partial charge in [-0.25, -0.2) is 0 Å². The summed E-state index contributed by atoms with van der Waals surface area (Å²) in [4.78, 5) is 0. The van der Waals surface area contributed by atoms with E-state index in [0.29, 0.717) is 0 Å². The molecule has 158 valence electrons. The molecule has 0 aliphatic rings. The molecule has 0 nitrogen and oxygen atoms in total. The summed E-state index contributed by atoms with van der Waals surface area (Å²) < 4.78 is 2.69. The van der Waals surface area contributed by atoms with Gasteiger partial charge in [-0.3, -0.25) is 0 Å². The molecule has 0 aromatic rings. The van der Waals surface area contributed by atoms with Crippen LogP contribution in [-0.2, 0) is 0 Å². The van der Waals surface area contributed by atoms with Crippen molar-refractivity contribution in [2.75, 3.05) is 8.86 Å². The molecule has 0 aliphatic heterocycles. The third kappa shape index (κ3) is 25.5. The molecule has 0 spiro atoms. The Balaban J connectivity index is 2.95. The van der Waals surface area contributed by atoms with Gasteiger partial charge in [0.05, 0.1) is 0 Å². The highest BCUT2D eigenvalue weighted by Crippen LogP contribution is 2.15. The van der Waals surface area contributed by atoms with Gasteiger partial charge in [0.15, 0.2) is 0 Å². The molecule has 0 bridgehead atoms. The fraction of sp³-hybridized carbons (Fsp3) is 1.00. The van der Waals surface area contributed by atoms with E-state index in [-0.39, 0.29) is 0 Å². The van der Waals surface area contributed by atoms with E-state index in [1.54, 1.807) is 0 Å². The van der Waals surface area contributed by atoms with Crippen LogP contribution in [0.4, 0.5) is 0 Å². The third-order valence-corrected chi connectivity index (χ3v) is 7.04. The average Bonchev–Trinajstić information content (AvgIpc) is 2.66. The molecule has 0 saturated heterocycles. The first-order valence-electron chi connectivity index (χ1n) is 12.0. The molecule has 2 heteroatoms. The summed E-state index contributed by atoms with van der Waals surface area (Å²) in [6.45, 7) is 0. The van der Waals surface area contributed by atoms with Gasteiger partial charge in [-0.05, 0) is 21.7 Å². The molecule has 0 radical (unpaired) electrons. The molecule has 0 saturated carbocycles. The van der Waals surface area contributed by atoms with E-state index in [1.165, 1.54) is 150 Å². The van der Waals surface area contributed by atoms with Crippen LogP contribution in [0.15, 0.2) is 0 Å². The van der Waals surface area contributed by atoms with Gasteiger partial charge in [0, 0.05) is 0 Å². The molecule has 0 aromatic heterocycles. The highest BCUT2D eigenvalue weighted by atomic mass is 127. The Labute approximate surface area is 194 Å². The summed E-state index contributed by atoms with van der Waals surface area (Å²) in [6, 6.07) is 0. The minimum Gasteiger partial charge on any atom is -0.0864 e. The van der Waals surface area contributed by atoms with Crippen LogP contribution >= 0.6 is 45.2 Å². The van der Waals surface area contributed by atoms with Gasteiger partial charge in [-0.1, -0.05) is 174 Å². The molecule has 0 fully saturated rings. The van der Waals surface area contributed by atoms with E-state index in [0.717, 1.165) is 0 Å². The molecule has 0 aromatic carbocycles. The van der Waals surface area contributed by atoms with Crippen LogP contribution in [-0.4, -0.2) is 8.86 Å². The summed E-state index contributed by atoms with van der Waals surface area (Å²) in [7, 11) is 0. The van der Waals surface area contributed by atoms with Crippen LogP contribution in [0.1, 0.15) is 141 Å². The van der Waals surface area contributed by atoms with Crippen molar-refractivity contribution in [1.82, 2.24) is 0 Å². The molecular weight excluding hydrogens is 542 g/mol. The van der Waals surface area contributed by atoms with Crippen LogP contribution in [0, 0.1) is 0 Å². The maximum absolute atomic E-state index is 2.50. The summed E-state index contributed by atoms with van der Waals surface area (Å²) in [5, 5.41) is 0. The predicted octanol–water partition coefficient (Wildman–Crippen LogP) is 10.4. The molecule has 26 heavy (non-hydrogen) atoms. The first-order valence-corrected chi connectivity index (χ1v) is 15.1. The van der Waals surface area contributed by atoms with Gasteiger partial charge in [-0.2, -0.15) is 0 Å². The monoisotopic (exact) mass is 590 g/mol. The van der Waals surface area contributed by atoms with Gasteiger partial charge in [0.25, 0.3) is 0 Å². The average molecular weight is 590 g/mol. The number of hydrogen-bond donors (Lipinski definition) is 0. The van der Waals surface area contributed by atoms with Crippen molar-refractivity contribution in [3.63, 3.8) is 0 Å². The summed E-state index contributed by atoms with van der Waals surface area (Å²) in [6.07, 6.45) is 32.6. The normalized spacial score (nSPS) is 11.3. The number of unbranched alkanes of at least 4 members (excludes halogenated alkanes) is 21. The smallest absolute Gasteiger partial charge is 0.000473 e. The van der Waals surface area contributed by atoms with E-state index in [9.17, 15) is 0 Å². The zero-order valence-electron chi connectivity index (χ0n) is 17.7. The van der Waals surface area contributed by atoms with Crippen molar-refractivity contribution < 1.29 is 0 Å². The Bertz CT molecular complexity index is 206. The molecule has 0 unspecified atom stereocenters. The number of halogens is 2. The molecule has 0 N–H and O–H groups in total. The van der Waals surface area contributed by atoms with Gasteiger partial charge in [0.1, 0.15) is 0 Å². The molecule has 0 amide bonds. The first kappa shape index (κ1) is 27.5. The van der Waals surface area contributed by atoms with Crippen LogP contribution in [0.3, 0.4) is 0 Å². The summed E-state index contributed by atoms with van der Waals surface area (Å²) >= 11 is 4.99. The Morgan fingerprint density at radius 2 is 0.308 bits per heavy atom. The molecular formula is C24H48I2. The second-order valence-electron chi connectivity index (χ2n) is 8.16. The largest absolute Gasteiger partial charge is 0.0864 e. The van der Waals surface area contributed by atoms with Crippen molar-refractivity contribution in [2.24, 2.45) is 0 Å². The quantitative estimate of drug-likeness (QED) is 0.0631. The van der Waals surface area contributed by atoms with Crippen LogP contribution in [0.25, 0.3) is 0 Å². The van der Waals surface area contributed by atoms with Crippen molar-refractivity contribution in [3.8, 4) is 0 Å². The van der Waals surface area contributed by atoms with Gasteiger partial charge in [-0.15, -0.1) is 0 Å². The van der Waals surface area contributed by atoms with E-state index >= 15 is 0 Å². The lowest BCUT2D eigenvalue weighted by Gasteiger charge is -2.04. The van der Waals surface area contributed by atoms with Gasteiger partial charge in [0.2, 0.25) is 0 Å². The first-order chi connectivity index (χ1) is 12.9. The fourth-order valence-electron chi connectivity index (χ4n) is 3.72. The van der Waals surface area contributed by atoms with Gasteiger partial charge < -0.3 is 0 Å². The SMILES string of the molecule is ICCCCCCCCCCCCCCCCCCCCCCCCI. The molecule has 0 heterocycles. The molecule has 0 rings (SSSR count). The highest BCUT2D eigenvalue weighted by molar-refractivity contribution is 14.1. The van der Waals surface area contributed by atoms with Crippen molar-refractivity contribution >= 4 is 45.2 Å². The Morgan fingerprint density at radius 1 is 0.192 bits per heavy atom. The lowest BCUT2D eigenvalue weighted by Crippen LogP contribution is -1.84. The Kier molecular flexibility index (Phi) is 27.9. The minimum atomic E-state index is 1.34. The second kappa shape index (κ2) is 26.5. The maximum atomic E-state index is 2.50. The topological polar surface area (TPSA) is 0 Å².